The highest BCUT2D eigenvalue weighted by Gasteiger charge is 2.49. The summed E-state index contributed by atoms with van der Waals surface area (Å²) < 4.78 is 21.6. The molecule has 0 saturated carbocycles. The van der Waals surface area contributed by atoms with Gasteiger partial charge in [0.1, 0.15) is 47.5 Å². The number of ether oxygens (including phenoxy) is 3. The zero-order chi connectivity index (χ0) is 22.5. The molecule has 1 aromatic carbocycles. The van der Waals surface area contributed by atoms with Crippen LogP contribution in [-0.2, 0) is 9.47 Å². The first kappa shape index (κ1) is 22.1. The molecule has 11 heteroatoms. The molecule has 1 fully saturated rings. The fraction of sp³-hybridized carbons (Fsp3) is 0.550. The standard InChI is InChI=1S/C20H24O11/c1-20(27,7-28-19-16(26)15(25)13(23)10(6-21)30-19)18-14(24)12-9(29-18)4-2-8-3-5-11(22)31-17(8)12/h2-5,10,13-16,18-19,21,23-27H,6-7H2,1H3/t10-,13-,14-,15+,16-,18+,19-,20-/m1/s1. The van der Waals surface area contributed by atoms with Crippen LogP contribution in [0.25, 0.3) is 11.0 Å². The van der Waals surface area contributed by atoms with E-state index in [1.165, 1.54) is 13.0 Å². The molecule has 8 atom stereocenters. The molecular weight excluding hydrogens is 416 g/mol. The van der Waals surface area contributed by atoms with E-state index in [-0.39, 0.29) is 16.9 Å². The molecule has 11 nitrogen and oxygen atoms in total. The summed E-state index contributed by atoms with van der Waals surface area (Å²) in [7, 11) is 0. The van der Waals surface area contributed by atoms with E-state index in [2.05, 4.69) is 0 Å². The fourth-order valence-electron chi connectivity index (χ4n) is 3.88. The second-order valence-electron chi connectivity index (χ2n) is 8.00. The maximum absolute atomic E-state index is 11.6. The summed E-state index contributed by atoms with van der Waals surface area (Å²) in [6, 6.07) is 6.02. The predicted molar refractivity (Wildman–Crippen MR) is 102 cm³/mol. The van der Waals surface area contributed by atoms with Crippen LogP contribution in [0.3, 0.4) is 0 Å². The van der Waals surface area contributed by atoms with Crippen LogP contribution in [0.1, 0.15) is 18.6 Å². The van der Waals surface area contributed by atoms with E-state index in [0.717, 1.165) is 0 Å². The van der Waals surface area contributed by atoms with Crippen LogP contribution >= 0.6 is 0 Å². The lowest BCUT2D eigenvalue weighted by Crippen LogP contribution is -2.60. The minimum absolute atomic E-state index is 0.144. The second kappa shape index (κ2) is 8.11. The second-order valence-corrected chi connectivity index (χ2v) is 8.00. The Hall–Kier alpha value is -2.09. The van der Waals surface area contributed by atoms with Gasteiger partial charge in [-0.25, -0.2) is 4.79 Å². The van der Waals surface area contributed by atoms with Gasteiger partial charge in [-0.05, 0) is 25.1 Å². The van der Waals surface area contributed by atoms with Gasteiger partial charge in [-0.15, -0.1) is 0 Å². The summed E-state index contributed by atoms with van der Waals surface area (Å²) in [5.74, 6) is 0.229. The van der Waals surface area contributed by atoms with Crippen LogP contribution in [0, 0.1) is 0 Å². The molecule has 6 N–H and O–H groups in total. The van der Waals surface area contributed by atoms with Crippen LogP contribution in [0.15, 0.2) is 33.5 Å². The number of fused-ring (bicyclic) bond motifs is 3. The Labute approximate surface area is 175 Å². The zero-order valence-corrected chi connectivity index (χ0v) is 16.5. The Morgan fingerprint density at radius 1 is 1.06 bits per heavy atom. The molecular formula is C20H24O11. The smallest absolute Gasteiger partial charge is 0.336 e. The van der Waals surface area contributed by atoms with Crippen molar-refractivity contribution in [3.63, 3.8) is 0 Å². The van der Waals surface area contributed by atoms with Gasteiger partial charge in [0.25, 0.3) is 0 Å². The van der Waals surface area contributed by atoms with Crippen molar-refractivity contribution in [1.29, 1.82) is 0 Å². The number of aliphatic hydroxyl groups is 6. The lowest BCUT2D eigenvalue weighted by Gasteiger charge is -2.41. The van der Waals surface area contributed by atoms with Crippen molar-refractivity contribution in [3.8, 4) is 5.75 Å². The lowest BCUT2D eigenvalue weighted by atomic mass is 9.92. The predicted octanol–water partition coefficient (Wildman–Crippen LogP) is -1.85. The molecule has 0 bridgehead atoms. The summed E-state index contributed by atoms with van der Waals surface area (Å²) in [6.07, 6.45) is -10.0. The summed E-state index contributed by atoms with van der Waals surface area (Å²) in [6.45, 7) is 0.196. The van der Waals surface area contributed by atoms with Gasteiger partial charge in [-0.2, -0.15) is 0 Å². The third-order valence-electron chi connectivity index (χ3n) is 5.63. The Morgan fingerprint density at radius 3 is 2.48 bits per heavy atom. The normalized spacial score (nSPS) is 34.9. The molecule has 1 saturated heterocycles. The van der Waals surface area contributed by atoms with E-state index < -0.39 is 67.4 Å². The number of rotatable bonds is 5. The molecule has 2 aliphatic rings. The van der Waals surface area contributed by atoms with Gasteiger partial charge >= 0.3 is 5.63 Å². The van der Waals surface area contributed by atoms with Crippen molar-refractivity contribution in [2.45, 2.75) is 55.4 Å². The fourth-order valence-corrected chi connectivity index (χ4v) is 3.88. The minimum Gasteiger partial charge on any atom is -0.484 e. The molecule has 170 valence electrons. The third kappa shape index (κ3) is 3.83. The highest BCUT2D eigenvalue weighted by atomic mass is 16.7. The Kier molecular flexibility index (Phi) is 5.79. The van der Waals surface area contributed by atoms with E-state index in [4.69, 9.17) is 18.6 Å². The quantitative estimate of drug-likeness (QED) is 0.288. The molecule has 1 aromatic heterocycles. The largest absolute Gasteiger partial charge is 0.484 e. The molecule has 0 radical (unpaired) electrons. The average Bonchev–Trinajstić information content (AvgIpc) is 3.09. The van der Waals surface area contributed by atoms with Gasteiger partial charge in [0, 0.05) is 11.5 Å². The first-order valence-electron chi connectivity index (χ1n) is 9.70. The van der Waals surface area contributed by atoms with Crippen LogP contribution in [-0.4, -0.2) is 86.3 Å². The molecule has 0 aliphatic carbocycles. The van der Waals surface area contributed by atoms with Crippen LogP contribution in [0.5, 0.6) is 5.75 Å². The van der Waals surface area contributed by atoms with Gasteiger partial charge in [-0.3, -0.25) is 0 Å². The van der Waals surface area contributed by atoms with Gasteiger partial charge in [0.15, 0.2) is 12.4 Å². The zero-order valence-electron chi connectivity index (χ0n) is 16.5. The maximum atomic E-state index is 11.6. The van der Waals surface area contributed by atoms with Crippen LogP contribution < -0.4 is 10.4 Å². The van der Waals surface area contributed by atoms with Crippen molar-refractivity contribution < 1.29 is 49.3 Å². The molecule has 0 amide bonds. The number of hydrogen-bond acceptors (Lipinski definition) is 11. The number of aliphatic hydroxyl groups excluding tert-OH is 5. The lowest BCUT2D eigenvalue weighted by molar-refractivity contribution is -0.311. The van der Waals surface area contributed by atoms with Crippen molar-refractivity contribution in [3.05, 3.63) is 40.2 Å². The van der Waals surface area contributed by atoms with Crippen LogP contribution in [0.2, 0.25) is 0 Å². The minimum atomic E-state index is -1.82. The molecule has 2 aromatic rings. The average molecular weight is 440 g/mol. The summed E-state index contributed by atoms with van der Waals surface area (Å²) in [5.41, 5.74) is -2.06. The molecule has 2 aliphatic heterocycles. The molecule has 0 spiro atoms. The summed E-state index contributed by atoms with van der Waals surface area (Å²) >= 11 is 0. The third-order valence-corrected chi connectivity index (χ3v) is 5.63. The SMILES string of the molecule is C[C@@](O)(CO[C@@H]1O[C@H](CO)[C@@H](O)[C@H](O)[C@H]1O)[C@H]1Oc2ccc3ccc(=O)oc3c2[C@H]1O. The van der Waals surface area contributed by atoms with Crippen molar-refractivity contribution >= 4 is 11.0 Å². The maximum Gasteiger partial charge on any atom is 0.336 e. The van der Waals surface area contributed by atoms with Gasteiger partial charge in [-0.1, -0.05) is 0 Å². The van der Waals surface area contributed by atoms with E-state index in [1.54, 1.807) is 18.2 Å². The first-order valence-corrected chi connectivity index (χ1v) is 9.70. The van der Waals surface area contributed by atoms with Crippen molar-refractivity contribution in [1.82, 2.24) is 0 Å². The van der Waals surface area contributed by atoms with Gasteiger partial charge in [0.2, 0.25) is 0 Å². The van der Waals surface area contributed by atoms with Gasteiger partial charge in [0.05, 0.1) is 18.8 Å². The molecule has 0 unspecified atom stereocenters. The topological polar surface area (TPSA) is 179 Å². The van der Waals surface area contributed by atoms with E-state index in [0.29, 0.717) is 5.39 Å². The monoisotopic (exact) mass is 440 g/mol. The highest BCUT2D eigenvalue weighted by molar-refractivity contribution is 5.83. The molecule has 4 rings (SSSR count). The van der Waals surface area contributed by atoms with Crippen molar-refractivity contribution in [2.24, 2.45) is 0 Å². The van der Waals surface area contributed by atoms with Gasteiger partial charge < -0.3 is 49.3 Å². The Balaban J connectivity index is 1.52. The van der Waals surface area contributed by atoms with E-state index >= 15 is 0 Å². The molecule has 3 heterocycles. The van der Waals surface area contributed by atoms with E-state index in [1.807, 2.05) is 0 Å². The number of hydrogen-bond donors (Lipinski definition) is 6. The number of benzene rings is 1. The highest BCUT2D eigenvalue weighted by Crippen LogP contribution is 2.44. The van der Waals surface area contributed by atoms with Crippen molar-refractivity contribution in [2.75, 3.05) is 13.2 Å². The first-order chi connectivity index (χ1) is 14.6. The molecule has 31 heavy (non-hydrogen) atoms. The summed E-state index contributed by atoms with van der Waals surface area (Å²) in [4.78, 5) is 11.6. The van der Waals surface area contributed by atoms with Crippen LogP contribution in [0.4, 0.5) is 0 Å². The Bertz CT molecular complexity index is 1000. The summed E-state index contributed by atoms with van der Waals surface area (Å²) in [5, 5.41) is 61.4. The van der Waals surface area contributed by atoms with E-state index in [9.17, 15) is 35.4 Å². The Morgan fingerprint density at radius 2 is 1.77 bits per heavy atom.